The lowest BCUT2D eigenvalue weighted by atomic mass is 10.1. The fraction of sp³-hybridized carbons (Fsp3) is 0.571. The molecule has 8 heteroatoms. The fourth-order valence-corrected chi connectivity index (χ4v) is 4.94. The lowest BCUT2D eigenvalue weighted by Crippen LogP contribution is -2.37. The second kappa shape index (κ2) is 7.97. The fourth-order valence-electron chi connectivity index (χ4n) is 2.53. The van der Waals surface area contributed by atoms with Crippen LogP contribution in [0.2, 0.25) is 5.02 Å². The Labute approximate surface area is 145 Å². The molecule has 124 valence electrons. The molecule has 1 saturated heterocycles. The predicted octanol–water partition coefficient (Wildman–Crippen LogP) is 2.88. The van der Waals surface area contributed by atoms with Crippen LogP contribution in [0.1, 0.15) is 19.3 Å². The van der Waals surface area contributed by atoms with Crippen molar-refractivity contribution >= 4 is 37.6 Å². The van der Waals surface area contributed by atoms with Crippen LogP contribution in [0.3, 0.4) is 0 Å². The molecule has 0 unspecified atom stereocenters. The van der Waals surface area contributed by atoms with Gasteiger partial charge in [0.1, 0.15) is 4.90 Å². The Balaban J connectivity index is 2.06. The number of nitrogens with one attached hydrogen (secondary N) is 1. The molecule has 1 heterocycles. The number of halogens is 2. The van der Waals surface area contributed by atoms with E-state index in [0.717, 1.165) is 13.1 Å². The van der Waals surface area contributed by atoms with E-state index in [4.69, 9.17) is 16.3 Å². The molecule has 1 aromatic carbocycles. The van der Waals surface area contributed by atoms with Crippen molar-refractivity contribution < 1.29 is 13.2 Å². The molecule has 0 spiro atoms. The third kappa shape index (κ3) is 4.58. The van der Waals surface area contributed by atoms with Crippen LogP contribution in [0.25, 0.3) is 0 Å². The summed E-state index contributed by atoms with van der Waals surface area (Å²) in [4.78, 5) is 2.32. The average Bonchev–Trinajstić information content (AvgIpc) is 2.47. The van der Waals surface area contributed by atoms with Gasteiger partial charge in [0.05, 0.1) is 11.6 Å². The molecule has 0 aliphatic carbocycles. The van der Waals surface area contributed by atoms with Gasteiger partial charge in [-0.15, -0.1) is 0 Å². The molecule has 1 aliphatic rings. The summed E-state index contributed by atoms with van der Waals surface area (Å²) in [7, 11) is -2.23. The minimum Gasteiger partial charge on any atom is -0.494 e. The minimum absolute atomic E-state index is 0.0491. The van der Waals surface area contributed by atoms with Gasteiger partial charge >= 0.3 is 0 Å². The van der Waals surface area contributed by atoms with Gasteiger partial charge in [-0.05, 0) is 54.0 Å². The lowest BCUT2D eigenvalue weighted by molar-refractivity contribution is 0.232. The maximum Gasteiger partial charge on any atom is 0.244 e. The van der Waals surface area contributed by atoms with Gasteiger partial charge in [0.25, 0.3) is 0 Å². The van der Waals surface area contributed by atoms with Gasteiger partial charge in [0.2, 0.25) is 10.0 Å². The number of piperidine rings is 1. The number of ether oxygens (including phenoxy) is 1. The van der Waals surface area contributed by atoms with Crippen molar-refractivity contribution in [1.82, 2.24) is 9.62 Å². The van der Waals surface area contributed by atoms with Crippen LogP contribution in [0.5, 0.6) is 5.75 Å². The largest absolute Gasteiger partial charge is 0.494 e. The topological polar surface area (TPSA) is 58.6 Å². The summed E-state index contributed by atoms with van der Waals surface area (Å²) in [6.07, 6.45) is 3.62. The first-order valence-corrected chi connectivity index (χ1v) is 9.84. The van der Waals surface area contributed by atoms with E-state index in [1.54, 1.807) is 6.07 Å². The van der Waals surface area contributed by atoms with E-state index in [1.807, 2.05) is 0 Å². The van der Waals surface area contributed by atoms with Crippen LogP contribution in [-0.2, 0) is 10.0 Å². The second-order valence-electron chi connectivity index (χ2n) is 5.22. The highest BCUT2D eigenvalue weighted by Gasteiger charge is 2.22. The van der Waals surface area contributed by atoms with E-state index in [9.17, 15) is 8.42 Å². The van der Waals surface area contributed by atoms with Crippen LogP contribution in [0.15, 0.2) is 21.5 Å². The Kier molecular flexibility index (Phi) is 6.52. The molecular weight excluding hydrogens is 392 g/mol. The molecule has 0 aromatic heterocycles. The molecule has 0 atom stereocenters. The highest BCUT2D eigenvalue weighted by Crippen LogP contribution is 2.35. The number of hydrogen-bond donors (Lipinski definition) is 1. The maximum absolute atomic E-state index is 12.5. The molecule has 0 bridgehead atoms. The molecule has 0 amide bonds. The summed E-state index contributed by atoms with van der Waals surface area (Å²) in [6, 6.07) is 3.00. The first-order valence-electron chi connectivity index (χ1n) is 7.19. The number of nitrogens with zero attached hydrogens (tertiary/aromatic N) is 1. The zero-order valence-electron chi connectivity index (χ0n) is 12.4. The van der Waals surface area contributed by atoms with E-state index in [-0.39, 0.29) is 10.6 Å². The van der Waals surface area contributed by atoms with E-state index in [1.165, 1.54) is 32.4 Å². The monoisotopic (exact) mass is 410 g/mol. The van der Waals surface area contributed by atoms with Gasteiger partial charge in [0.15, 0.2) is 5.75 Å². The van der Waals surface area contributed by atoms with Crippen LogP contribution < -0.4 is 9.46 Å². The summed E-state index contributed by atoms with van der Waals surface area (Å²) in [6.45, 7) is 3.15. The van der Waals surface area contributed by atoms with Crippen LogP contribution in [0.4, 0.5) is 0 Å². The summed E-state index contributed by atoms with van der Waals surface area (Å²) in [5, 5.41) is 0.337. The lowest BCUT2D eigenvalue weighted by Gasteiger charge is -2.26. The highest BCUT2D eigenvalue weighted by molar-refractivity contribution is 9.10. The maximum atomic E-state index is 12.5. The highest BCUT2D eigenvalue weighted by atomic mass is 79.9. The van der Waals surface area contributed by atoms with Crippen molar-refractivity contribution in [2.24, 2.45) is 0 Å². The first kappa shape index (κ1) is 18.0. The number of hydrogen-bond acceptors (Lipinski definition) is 4. The summed E-state index contributed by atoms with van der Waals surface area (Å²) in [5.41, 5.74) is 0. The molecule has 0 radical (unpaired) electrons. The van der Waals surface area contributed by atoms with Crippen molar-refractivity contribution in [3.63, 3.8) is 0 Å². The molecule has 1 aromatic rings. The SMILES string of the molecule is COc1c(Br)cc(Cl)cc1S(=O)(=O)NCCN1CCCCC1. The Morgan fingerprint density at radius 2 is 2.00 bits per heavy atom. The van der Waals surface area contributed by atoms with Gasteiger partial charge in [-0.2, -0.15) is 0 Å². The molecule has 1 fully saturated rings. The Bertz CT molecular complexity index is 619. The molecule has 1 N–H and O–H groups in total. The third-order valence-corrected chi connectivity index (χ3v) is 5.91. The summed E-state index contributed by atoms with van der Waals surface area (Å²) < 4.78 is 33.3. The second-order valence-corrected chi connectivity index (χ2v) is 8.25. The van der Waals surface area contributed by atoms with E-state index >= 15 is 0 Å². The number of benzene rings is 1. The Morgan fingerprint density at radius 1 is 1.32 bits per heavy atom. The van der Waals surface area contributed by atoms with Crippen LogP contribution >= 0.6 is 27.5 Å². The molecular formula is C14H20BrClN2O3S. The Morgan fingerprint density at radius 3 is 2.64 bits per heavy atom. The summed E-state index contributed by atoms with van der Waals surface area (Å²) >= 11 is 9.23. The molecule has 22 heavy (non-hydrogen) atoms. The molecule has 0 saturated carbocycles. The van der Waals surface area contributed by atoms with E-state index < -0.39 is 10.0 Å². The van der Waals surface area contributed by atoms with Gasteiger partial charge in [-0.1, -0.05) is 18.0 Å². The smallest absolute Gasteiger partial charge is 0.244 e. The van der Waals surface area contributed by atoms with Crippen molar-refractivity contribution in [2.75, 3.05) is 33.3 Å². The van der Waals surface area contributed by atoms with E-state index in [2.05, 4.69) is 25.6 Å². The molecule has 5 nitrogen and oxygen atoms in total. The quantitative estimate of drug-likeness (QED) is 0.782. The molecule has 2 rings (SSSR count). The summed E-state index contributed by atoms with van der Waals surface area (Å²) in [5.74, 6) is 0.259. The number of rotatable bonds is 6. The van der Waals surface area contributed by atoms with Crippen molar-refractivity contribution in [1.29, 1.82) is 0 Å². The van der Waals surface area contributed by atoms with Crippen LogP contribution in [0, 0.1) is 0 Å². The van der Waals surface area contributed by atoms with E-state index in [0.29, 0.717) is 22.6 Å². The van der Waals surface area contributed by atoms with Crippen molar-refractivity contribution in [2.45, 2.75) is 24.2 Å². The zero-order valence-corrected chi connectivity index (χ0v) is 15.6. The van der Waals surface area contributed by atoms with Gasteiger partial charge in [0, 0.05) is 18.1 Å². The normalized spacial score (nSPS) is 16.7. The standard InChI is InChI=1S/C14H20BrClN2O3S/c1-21-14-12(15)9-11(16)10-13(14)22(19,20)17-5-8-18-6-3-2-4-7-18/h9-10,17H,2-8H2,1H3. The average molecular weight is 412 g/mol. The minimum atomic E-state index is -3.66. The van der Waals surface area contributed by atoms with Gasteiger partial charge < -0.3 is 9.64 Å². The number of methoxy groups -OCH3 is 1. The van der Waals surface area contributed by atoms with Crippen LogP contribution in [-0.4, -0.2) is 46.6 Å². The van der Waals surface area contributed by atoms with Gasteiger partial charge in [-0.3, -0.25) is 0 Å². The third-order valence-electron chi connectivity index (χ3n) is 3.64. The predicted molar refractivity (Wildman–Crippen MR) is 91.2 cm³/mol. The van der Waals surface area contributed by atoms with Crippen molar-refractivity contribution in [3.8, 4) is 5.75 Å². The molecule has 1 aliphatic heterocycles. The number of likely N-dealkylation sites (tertiary alicyclic amines) is 1. The van der Waals surface area contributed by atoms with Gasteiger partial charge in [-0.25, -0.2) is 13.1 Å². The Hall–Kier alpha value is -0.340. The first-order chi connectivity index (χ1) is 10.4. The number of sulfonamides is 1. The zero-order chi connectivity index (χ0) is 16.2. The van der Waals surface area contributed by atoms with Crippen molar-refractivity contribution in [3.05, 3.63) is 21.6 Å².